The predicted molar refractivity (Wildman–Crippen MR) is 78.2 cm³/mol. The normalized spacial score (nSPS) is 29.0. The van der Waals surface area contributed by atoms with Crippen LogP contribution in [-0.4, -0.2) is 34.6 Å². The van der Waals surface area contributed by atoms with Crippen LogP contribution in [0, 0.1) is 11.7 Å². The topological polar surface area (TPSA) is 66.6 Å². The number of nitrogens with zero attached hydrogens (tertiary/aromatic N) is 1. The number of piperidine rings is 1. The van der Waals surface area contributed by atoms with E-state index in [4.69, 9.17) is 5.73 Å². The zero-order valence-electron chi connectivity index (χ0n) is 12.0. The minimum atomic E-state index is -0.636. The first kappa shape index (κ1) is 14.3. The largest absolute Gasteiger partial charge is 0.399 e. The molecule has 1 aliphatic heterocycles. The van der Waals surface area contributed by atoms with Crippen molar-refractivity contribution in [1.29, 1.82) is 0 Å². The van der Waals surface area contributed by atoms with E-state index in [0.717, 1.165) is 25.7 Å². The molecule has 1 amide bonds. The van der Waals surface area contributed by atoms with Crippen molar-refractivity contribution in [1.82, 2.24) is 4.90 Å². The lowest BCUT2D eigenvalue weighted by Crippen LogP contribution is -2.54. The van der Waals surface area contributed by atoms with Gasteiger partial charge in [0.15, 0.2) is 0 Å². The summed E-state index contributed by atoms with van der Waals surface area (Å²) in [6, 6.07) is 4.06. The second-order valence-electron chi connectivity index (χ2n) is 6.29. The van der Waals surface area contributed by atoms with Crippen molar-refractivity contribution in [3.8, 4) is 0 Å². The Labute approximate surface area is 123 Å². The molecule has 2 aliphatic rings. The number of amides is 1. The fraction of sp³-hybridized carbons (Fsp3) is 0.562. The molecule has 1 saturated heterocycles. The van der Waals surface area contributed by atoms with E-state index in [1.807, 2.05) is 0 Å². The number of likely N-dealkylation sites (tertiary alicyclic amines) is 1. The maximum Gasteiger partial charge on any atom is 0.256 e. The van der Waals surface area contributed by atoms with Crippen LogP contribution >= 0.6 is 0 Å². The van der Waals surface area contributed by atoms with Gasteiger partial charge in [-0.3, -0.25) is 4.79 Å². The van der Waals surface area contributed by atoms with Gasteiger partial charge in [-0.2, -0.15) is 0 Å². The van der Waals surface area contributed by atoms with Gasteiger partial charge in [0.05, 0.1) is 11.2 Å². The maximum atomic E-state index is 13.8. The number of fused-ring (bicyclic) bond motifs is 1. The zero-order chi connectivity index (χ0) is 15.0. The van der Waals surface area contributed by atoms with Crippen molar-refractivity contribution in [3.05, 3.63) is 29.6 Å². The Kier molecular flexibility index (Phi) is 3.61. The number of benzene rings is 1. The summed E-state index contributed by atoms with van der Waals surface area (Å²) in [5.74, 6) is -0.765. The molecule has 21 heavy (non-hydrogen) atoms. The number of rotatable bonds is 1. The number of anilines is 1. The zero-order valence-corrected chi connectivity index (χ0v) is 12.0. The Bertz CT molecular complexity index is 563. The minimum Gasteiger partial charge on any atom is -0.399 e. The van der Waals surface area contributed by atoms with E-state index < -0.39 is 11.4 Å². The lowest BCUT2D eigenvalue weighted by molar-refractivity contribution is -0.0886. The molecular weight excluding hydrogens is 271 g/mol. The third-order valence-corrected chi connectivity index (χ3v) is 4.94. The Morgan fingerprint density at radius 2 is 2.19 bits per heavy atom. The van der Waals surface area contributed by atoms with Gasteiger partial charge < -0.3 is 15.7 Å². The summed E-state index contributed by atoms with van der Waals surface area (Å²) < 4.78 is 13.8. The minimum absolute atomic E-state index is 0.0243. The molecule has 1 aliphatic carbocycles. The molecule has 4 nitrogen and oxygen atoms in total. The first-order valence-electron chi connectivity index (χ1n) is 7.56. The number of aliphatic hydroxyl groups is 1. The molecule has 1 aromatic carbocycles. The molecule has 3 rings (SSSR count). The number of halogens is 1. The maximum absolute atomic E-state index is 13.8. The van der Waals surface area contributed by atoms with Crippen LogP contribution in [0.4, 0.5) is 10.1 Å². The molecular formula is C16H21FN2O2. The Balaban J connectivity index is 1.79. The van der Waals surface area contributed by atoms with E-state index in [1.54, 1.807) is 4.90 Å². The standard InChI is InChI=1S/C16H21FN2O2/c17-14-5-4-12(18)9-13(14)15(20)19-8-7-16(21)6-2-1-3-11(16)10-19/h4-5,9,11,21H,1-3,6-8,10,18H2. The molecule has 1 heterocycles. The lowest BCUT2D eigenvalue weighted by atomic mass is 9.71. The van der Waals surface area contributed by atoms with Gasteiger partial charge in [-0.25, -0.2) is 4.39 Å². The van der Waals surface area contributed by atoms with Gasteiger partial charge in [0.1, 0.15) is 5.82 Å². The van der Waals surface area contributed by atoms with Crippen LogP contribution in [0.15, 0.2) is 18.2 Å². The van der Waals surface area contributed by atoms with Crippen molar-refractivity contribution >= 4 is 11.6 Å². The number of nitrogen functional groups attached to an aromatic ring is 1. The average molecular weight is 292 g/mol. The van der Waals surface area contributed by atoms with Crippen LogP contribution in [0.3, 0.4) is 0 Å². The predicted octanol–water partition coefficient (Wildman–Crippen LogP) is 2.18. The van der Waals surface area contributed by atoms with Gasteiger partial charge in [0.25, 0.3) is 5.91 Å². The summed E-state index contributed by atoms with van der Waals surface area (Å²) in [5, 5.41) is 10.6. The molecule has 0 bridgehead atoms. The third kappa shape index (κ3) is 2.62. The summed E-state index contributed by atoms with van der Waals surface area (Å²) >= 11 is 0. The molecule has 0 spiro atoms. The fourth-order valence-corrected chi connectivity index (χ4v) is 3.63. The summed E-state index contributed by atoms with van der Waals surface area (Å²) in [5.41, 5.74) is 5.41. The molecule has 5 heteroatoms. The summed E-state index contributed by atoms with van der Waals surface area (Å²) in [7, 11) is 0. The fourth-order valence-electron chi connectivity index (χ4n) is 3.63. The molecule has 0 aromatic heterocycles. The molecule has 0 radical (unpaired) electrons. The molecule has 2 fully saturated rings. The van der Waals surface area contributed by atoms with Gasteiger partial charge in [0, 0.05) is 24.7 Å². The molecule has 3 N–H and O–H groups in total. The lowest BCUT2D eigenvalue weighted by Gasteiger charge is -2.47. The van der Waals surface area contributed by atoms with Crippen LogP contribution < -0.4 is 5.73 Å². The number of hydrogen-bond donors (Lipinski definition) is 2. The van der Waals surface area contributed by atoms with Gasteiger partial charge in [-0.15, -0.1) is 0 Å². The second-order valence-corrected chi connectivity index (χ2v) is 6.29. The van der Waals surface area contributed by atoms with Crippen LogP contribution in [0.2, 0.25) is 0 Å². The van der Waals surface area contributed by atoms with Crippen molar-refractivity contribution in [3.63, 3.8) is 0 Å². The van der Waals surface area contributed by atoms with Crippen LogP contribution in [-0.2, 0) is 0 Å². The highest BCUT2D eigenvalue weighted by Gasteiger charge is 2.44. The monoisotopic (exact) mass is 292 g/mol. The van der Waals surface area contributed by atoms with Gasteiger partial charge in [-0.1, -0.05) is 12.8 Å². The molecule has 2 atom stereocenters. The number of carbonyl (C=O) groups excluding carboxylic acids is 1. The smallest absolute Gasteiger partial charge is 0.256 e. The van der Waals surface area contributed by atoms with Crippen molar-refractivity contribution < 1.29 is 14.3 Å². The van der Waals surface area contributed by atoms with Crippen molar-refractivity contribution in [2.75, 3.05) is 18.8 Å². The summed E-state index contributed by atoms with van der Waals surface area (Å²) in [4.78, 5) is 14.2. The van der Waals surface area contributed by atoms with Crippen LogP contribution in [0.5, 0.6) is 0 Å². The first-order valence-corrected chi connectivity index (χ1v) is 7.56. The second kappa shape index (κ2) is 5.30. The Morgan fingerprint density at radius 1 is 1.38 bits per heavy atom. The Hall–Kier alpha value is -1.62. The highest BCUT2D eigenvalue weighted by molar-refractivity contribution is 5.95. The van der Waals surface area contributed by atoms with Crippen molar-refractivity contribution in [2.45, 2.75) is 37.7 Å². The quantitative estimate of drug-likeness (QED) is 0.780. The molecule has 1 aromatic rings. The van der Waals surface area contributed by atoms with Gasteiger partial charge in [0.2, 0.25) is 0 Å². The molecule has 2 unspecified atom stereocenters. The SMILES string of the molecule is Nc1ccc(F)c(C(=O)N2CCC3(O)CCCCC3C2)c1. The van der Waals surface area contributed by atoms with E-state index in [1.165, 1.54) is 18.2 Å². The van der Waals surface area contributed by atoms with E-state index in [0.29, 0.717) is 25.2 Å². The van der Waals surface area contributed by atoms with Crippen LogP contribution in [0.25, 0.3) is 0 Å². The summed E-state index contributed by atoms with van der Waals surface area (Å²) in [6.07, 6.45) is 4.45. The Morgan fingerprint density at radius 3 is 3.00 bits per heavy atom. The van der Waals surface area contributed by atoms with E-state index in [9.17, 15) is 14.3 Å². The van der Waals surface area contributed by atoms with Gasteiger partial charge in [-0.05, 0) is 37.5 Å². The van der Waals surface area contributed by atoms with E-state index >= 15 is 0 Å². The molecule has 1 saturated carbocycles. The van der Waals surface area contributed by atoms with Gasteiger partial charge >= 0.3 is 0 Å². The number of carbonyl (C=O) groups is 1. The number of nitrogens with two attached hydrogens (primary N) is 1. The highest BCUT2D eigenvalue weighted by Crippen LogP contribution is 2.40. The highest BCUT2D eigenvalue weighted by atomic mass is 19.1. The third-order valence-electron chi connectivity index (χ3n) is 4.94. The molecule has 114 valence electrons. The van der Waals surface area contributed by atoms with Crippen molar-refractivity contribution in [2.24, 2.45) is 5.92 Å². The van der Waals surface area contributed by atoms with E-state index in [2.05, 4.69) is 0 Å². The average Bonchev–Trinajstić information content (AvgIpc) is 2.48. The summed E-state index contributed by atoms with van der Waals surface area (Å²) in [6.45, 7) is 0.976. The van der Waals surface area contributed by atoms with Crippen LogP contribution in [0.1, 0.15) is 42.5 Å². The van der Waals surface area contributed by atoms with E-state index in [-0.39, 0.29) is 17.4 Å². The first-order chi connectivity index (χ1) is 9.99. The number of hydrogen-bond acceptors (Lipinski definition) is 3.